The molecule has 0 saturated heterocycles. The lowest BCUT2D eigenvalue weighted by Gasteiger charge is -2.06. The quantitative estimate of drug-likeness (QED) is 0.750. The van der Waals surface area contributed by atoms with E-state index in [1.165, 1.54) is 40.6 Å². The van der Waals surface area contributed by atoms with Gasteiger partial charge in [-0.1, -0.05) is 18.2 Å². The highest BCUT2D eigenvalue weighted by Crippen LogP contribution is 2.26. The molecule has 3 heteroatoms. The van der Waals surface area contributed by atoms with Crippen molar-refractivity contribution in [2.24, 2.45) is 0 Å². The Kier molecular flexibility index (Phi) is 3.20. The van der Waals surface area contributed by atoms with Crippen LogP contribution >= 0.6 is 0 Å². The van der Waals surface area contributed by atoms with Gasteiger partial charge in [0, 0.05) is 48.0 Å². The average Bonchev–Trinajstić information content (AvgIpc) is 3.28. The van der Waals surface area contributed by atoms with Crippen molar-refractivity contribution in [2.75, 3.05) is 0 Å². The zero-order chi connectivity index (χ0) is 14.1. The van der Waals surface area contributed by atoms with Crippen LogP contribution in [-0.4, -0.2) is 16.0 Å². The van der Waals surface area contributed by atoms with E-state index in [1.807, 2.05) is 12.4 Å². The van der Waals surface area contributed by atoms with Crippen LogP contribution in [0.25, 0.3) is 10.9 Å². The standard InChI is InChI=1S/C18H19N3/c1-2-4-17-15(3-1)16(12-20-14-5-6-14)18(21-17)11-13-7-9-19-10-8-13/h1-4,7-10,14,20-21H,5-6,11-12H2. The molecule has 3 aromatic rings. The first-order chi connectivity index (χ1) is 10.4. The molecule has 1 aromatic carbocycles. The Hall–Kier alpha value is -2.13. The van der Waals surface area contributed by atoms with Gasteiger partial charge in [-0.15, -0.1) is 0 Å². The van der Waals surface area contributed by atoms with Gasteiger partial charge in [0.1, 0.15) is 0 Å². The monoisotopic (exact) mass is 277 g/mol. The molecule has 0 aliphatic heterocycles. The van der Waals surface area contributed by atoms with Crippen LogP contribution in [-0.2, 0) is 13.0 Å². The van der Waals surface area contributed by atoms with Gasteiger partial charge in [0.15, 0.2) is 0 Å². The SMILES string of the molecule is c1ccc2c(CNC3CC3)c(Cc3ccncc3)[nH]c2c1. The van der Waals surface area contributed by atoms with Gasteiger partial charge in [-0.25, -0.2) is 0 Å². The van der Waals surface area contributed by atoms with Crippen LogP contribution in [0.1, 0.15) is 29.7 Å². The summed E-state index contributed by atoms with van der Waals surface area (Å²) in [5, 5.41) is 4.99. The van der Waals surface area contributed by atoms with E-state index in [0.29, 0.717) is 0 Å². The van der Waals surface area contributed by atoms with Gasteiger partial charge in [-0.3, -0.25) is 4.98 Å². The summed E-state index contributed by atoms with van der Waals surface area (Å²) in [5.41, 5.74) is 5.25. The Morgan fingerprint density at radius 2 is 1.90 bits per heavy atom. The molecule has 0 radical (unpaired) electrons. The predicted octanol–water partition coefficient (Wildman–Crippen LogP) is 3.41. The van der Waals surface area contributed by atoms with Crippen molar-refractivity contribution >= 4 is 10.9 Å². The third-order valence-corrected chi connectivity index (χ3v) is 4.18. The summed E-state index contributed by atoms with van der Waals surface area (Å²) in [5.74, 6) is 0. The van der Waals surface area contributed by atoms with E-state index in [4.69, 9.17) is 0 Å². The van der Waals surface area contributed by atoms with E-state index < -0.39 is 0 Å². The lowest BCUT2D eigenvalue weighted by molar-refractivity contribution is 0.686. The Balaban J connectivity index is 1.69. The number of para-hydroxylation sites is 1. The molecule has 3 nitrogen and oxygen atoms in total. The highest BCUT2D eigenvalue weighted by molar-refractivity contribution is 5.84. The first kappa shape index (κ1) is 12.6. The Labute approximate surface area is 124 Å². The molecule has 1 fully saturated rings. The smallest absolute Gasteiger partial charge is 0.0459 e. The van der Waals surface area contributed by atoms with Gasteiger partial charge < -0.3 is 10.3 Å². The van der Waals surface area contributed by atoms with Crippen molar-refractivity contribution in [3.63, 3.8) is 0 Å². The van der Waals surface area contributed by atoms with Crippen LogP contribution in [0, 0.1) is 0 Å². The molecule has 106 valence electrons. The lowest BCUT2D eigenvalue weighted by atomic mass is 10.1. The van der Waals surface area contributed by atoms with Crippen molar-refractivity contribution in [1.29, 1.82) is 0 Å². The van der Waals surface area contributed by atoms with E-state index in [2.05, 4.69) is 51.7 Å². The minimum absolute atomic E-state index is 0.729. The molecule has 1 aliphatic carbocycles. The fourth-order valence-corrected chi connectivity index (χ4v) is 2.85. The summed E-state index contributed by atoms with van der Waals surface area (Å²) in [6.45, 7) is 0.953. The predicted molar refractivity (Wildman–Crippen MR) is 85.2 cm³/mol. The molecule has 2 aromatic heterocycles. The summed E-state index contributed by atoms with van der Waals surface area (Å²) >= 11 is 0. The van der Waals surface area contributed by atoms with E-state index in [-0.39, 0.29) is 0 Å². The minimum Gasteiger partial charge on any atom is -0.358 e. The molecule has 4 rings (SSSR count). The van der Waals surface area contributed by atoms with Gasteiger partial charge in [0.2, 0.25) is 0 Å². The molecule has 2 N–H and O–H groups in total. The number of fused-ring (bicyclic) bond motifs is 1. The van der Waals surface area contributed by atoms with Crippen molar-refractivity contribution < 1.29 is 0 Å². The number of hydrogen-bond donors (Lipinski definition) is 2. The molecular formula is C18H19N3. The Bertz CT molecular complexity index is 742. The van der Waals surface area contributed by atoms with Crippen LogP contribution < -0.4 is 5.32 Å². The number of aromatic amines is 1. The van der Waals surface area contributed by atoms with Gasteiger partial charge in [0.05, 0.1) is 0 Å². The molecule has 21 heavy (non-hydrogen) atoms. The first-order valence-electron chi connectivity index (χ1n) is 7.61. The van der Waals surface area contributed by atoms with E-state index >= 15 is 0 Å². The summed E-state index contributed by atoms with van der Waals surface area (Å²) < 4.78 is 0. The van der Waals surface area contributed by atoms with E-state index in [1.54, 1.807) is 0 Å². The van der Waals surface area contributed by atoms with Gasteiger partial charge in [-0.2, -0.15) is 0 Å². The molecule has 0 spiro atoms. The molecule has 0 atom stereocenters. The average molecular weight is 277 g/mol. The van der Waals surface area contributed by atoms with E-state index in [0.717, 1.165) is 19.0 Å². The first-order valence-corrected chi connectivity index (χ1v) is 7.61. The second-order valence-corrected chi connectivity index (χ2v) is 5.82. The van der Waals surface area contributed by atoms with Crippen molar-refractivity contribution in [1.82, 2.24) is 15.3 Å². The van der Waals surface area contributed by atoms with E-state index in [9.17, 15) is 0 Å². The Morgan fingerprint density at radius 1 is 1.10 bits per heavy atom. The Morgan fingerprint density at radius 3 is 2.71 bits per heavy atom. The third-order valence-electron chi connectivity index (χ3n) is 4.18. The minimum atomic E-state index is 0.729. The zero-order valence-electron chi connectivity index (χ0n) is 12.0. The van der Waals surface area contributed by atoms with Crippen molar-refractivity contribution in [3.05, 3.63) is 65.6 Å². The molecule has 0 unspecified atom stereocenters. The number of nitrogens with one attached hydrogen (secondary N) is 2. The maximum absolute atomic E-state index is 4.10. The summed E-state index contributed by atoms with van der Waals surface area (Å²) in [6.07, 6.45) is 7.29. The number of aromatic nitrogens is 2. The van der Waals surface area contributed by atoms with Crippen LogP contribution in [0.15, 0.2) is 48.8 Å². The zero-order valence-corrected chi connectivity index (χ0v) is 12.0. The summed E-state index contributed by atoms with van der Waals surface area (Å²) in [7, 11) is 0. The van der Waals surface area contributed by atoms with Gasteiger partial charge in [-0.05, 0) is 42.2 Å². The molecule has 1 aliphatic rings. The van der Waals surface area contributed by atoms with Crippen molar-refractivity contribution in [2.45, 2.75) is 31.8 Å². The molecule has 0 bridgehead atoms. The number of hydrogen-bond acceptors (Lipinski definition) is 2. The summed E-state index contributed by atoms with van der Waals surface area (Å²) in [6, 6.07) is 13.5. The summed E-state index contributed by atoms with van der Waals surface area (Å²) in [4.78, 5) is 7.69. The number of benzene rings is 1. The molecular weight excluding hydrogens is 258 g/mol. The lowest BCUT2D eigenvalue weighted by Crippen LogP contribution is -2.16. The van der Waals surface area contributed by atoms with Gasteiger partial charge in [0.25, 0.3) is 0 Å². The fraction of sp³-hybridized carbons (Fsp3) is 0.278. The second kappa shape index (κ2) is 5.34. The third kappa shape index (κ3) is 2.69. The van der Waals surface area contributed by atoms with Crippen molar-refractivity contribution in [3.8, 4) is 0 Å². The molecule has 0 amide bonds. The van der Waals surface area contributed by atoms with Crippen LogP contribution in [0.5, 0.6) is 0 Å². The highest BCUT2D eigenvalue weighted by atomic mass is 14.9. The van der Waals surface area contributed by atoms with Crippen LogP contribution in [0.4, 0.5) is 0 Å². The maximum Gasteiger partial charge on any atom is 0.0459 e. The van der Waals surface area contributed by atoms with Gasteiger partial charge >= 0.3 is 0 Å². The highest BCUT2D eigenvalue weighted by Gasteiger charge is 2.21. The molecule has 2 heterocycles. The largest absolute Gasteiger partial charge is 0.358 e. The van der Waals surface area contributed by atoms with Crippen LogP contribution in [0.2, 0.25) is 0 Å². The van der Waals surface area contributed by atoms with Crippen LogP contribution in [0.3, 0.4) is 0 Å². The number of H-pyrrole nitrogens is 1. The molecule has 1 saturated carbocycles. The number of pyridine rings is 1. The fourth-order valence-electron chi connectivity index (χ4n) is 2.85. The number of rotatable bonds is 5. The topological polar surface area (TPSA) is 40.7 Å². The number of nitrogens with zero attached hydrogens (tertiary/aromatic N) is 1. The maximum atomic E-state index is 4.10. The second-order valence-electron chi connectivity index (χ2n) is 5.82. The normalized spacial score (nSPS) is 14.7.